The van der Waals surface area contributed by atoms with Gasteiger partial charge < -0.3 is 4.57 Å². The van der Waals surface area contributed by atoms with Crippen LogP contribution in [0.25, 0.3) is 11.4 Å². The van der Waals surface area contributed by atoms with Gasteiger partial charge in [-0.15, -0.1) is 10.2 Å². The van der Waals surface area contributed by atoms with Gasteiger partial charge in [-0.1, -0.05) is 42.1 Å². The van der Waals surface area contributed by atoms with Crippen molar-refractivity contribution in [3.8, 4) is 11.4 Å². The maximum absolute atomic E-state index is 13.2. The van der Waals surface area contributed by atoms with Crippen LogP contribution in [0, 0.1) is 13.8 Å². The zero-order valence-electron chi connectivity index (χ0n) is 19.1. The Labute approximate surface area is 198 Å². The van der Waals surface area contributed by atoms with Crippen LogP contribution in [-0.2, 0) is 0 Å². The maximum atomic E-state index is 13.2. The van der Waals surface area contributed by atoms with E-state index in [1.54, 1.807) is 12.4 Å². The molecule has 33 heavy (non-hydrogen) atoms. The Balaban J connectivity index is 1.36. The van der Waals surface area contributed by atoms with Crippen LogP contribution in [0.3, 0.4) is 0 Å². The van der Waals surface area contributed by atoms with E-state index in [1.165, 1.54) is 17.3 Å². The van der Waals surface area contributed by atoms with Crippen molar-refractivity contribution in [2.45, 2.75) is 50.9 Å². The van der Waals surface area contributed by atoms with Gasteiger partial charge in [-0.2, -0.15) is 0 Å². The highest BCUT2D eigenvalue weighted by Crippen LogP contribution is 2.41. The maximum Gasteiger partial charge on any atom is 0.192 e. The molecule has 4 aromatic rings. The number of aromatic nitrogens is 5. The first-order chi connectivity index (χ1) is 16.0. The fourth-order valence-electron chi connectivity index (χ4n) is 4.48. The summed E-state index contributed by atoms with van der Waals surface area (Å²) in [5, 5.41) is 9.68. The van der Waals surface area contributed by atoms with Crippen LogP contribution in [0.4, 0.5) is 0 Å². The van der Waals surface area contributed by atoms with E-state index in [9.17, 15) is 4.79 Å². The molecular weight excluding hydrogens is 430 g/mol. The number of aryl methyl sites for hydroxylation is 1. The van der Waals surface area contributed by atoms with Gasteiger partial charge in [0.25, 0.3) is 0 Å². The second-order valence-electron chi connectivity index (χ2n) is 8.60. The molecule has 0 spiro atoms. The summed E-state index contributed by atoms with van der Waals surface area (Å²) in [5.74, 6) is 1.31. The van der Waals surface area contributed by atoms with Crippen LogP contribution in [-0.4, -0.2) is 35.9 Å². The molecule has 5 rings (SSSR count). The van der Waals surface area contributed by atoms with Crippen LogP contribution in [0.2, 0.25) is 0 Å². The molecule has 7 heteroatoms. The van der Waals surface area contributed by atoms with Gasteiger partial charge in [-0.05, 0) is 57.4 Å². The number of hydrogen-bond acceptors (Lipinski definition) is 5. The minimum absolute atomic E-state index is 0.121. The van der Waals surface area contributed by atoms with Crippen LogP contribution >= 0.6 is 11.8 Å². The van der Waals surface area contributed by atoms with Crippen molar-refractivity contribution in [2.75, 3.05) is 5.75 Å². The molecule has 1 aliphatic carbocycles. The lowest BCUT2D eigenvalue weighted by Gasteiger charge is -2.19. The average Bonchev–Trinajstić information content (AvgIpc) is 3.52. The van der Waals surface area contributed by atoms with Gasteiger partial charge in [0.05, 0.1) is 11.8 Å². The number of carbonyl (C=O) groups excluding carboxylic acids is 1. The molecule has 0 radical (unpaired) electrons. The van der Waals surface area contributed by atoms with E-state index >= 15 is 0 Å². The zero-order valence-corrected chi connectivity index (χ0v) is 19.9. The van der Waals surface area contributed by atoms with E-state index < -0.39 is 0 Å². The van der Waals surface area contributed by atoms with E-state index in [4.69, 9.17) is 0 Å². The first-order valence-electron chi connectivity index (χ1n) is 11.3. The van der Waals surface area contributed by atoms with Crippen molar-refractivity contribution in [2.24, 2.45) is 0 Å². The second kappa shape index (κ2) is 8.98. The summed E-state index contributed by atoms with van der Waals surface area (Å²) < 4.78 is 4.44. The number of carbonyl (C=O) groups is 1. The highest BCUT2D eigenvalue weighted by atomic mass is 32.2. The van der Waals surface area contributed by atoms with E-state index in [1.807, 2.05) is 31.2 Å². The van der Waals surface area contributed by atoms with E-state index in [2.05, 4.69) is 62.4 Å². The molecule has 0 N–H and O–H groups in total. The van der Waals surface area contributed by atoms with Crippen molar-refractivity contribution in [3.05, 3.63) is 83.4 Å². The van der Waals surface area contributed by atoms with Gasteiger partial charge in [-0.3, -0.25) is 14.3 Å². The molecule has 1 aromatic carbocycles. The van der Waals surface area contributed by atoms with Crippen LogP contribution < -0.4 is 0 Å². The number of Topliss-reactive ketones (excluding diaryl/α,β-unsaturated/α-hetero) is 1. The summed E-state index contributed by atoms with van der Waals surface area (Å²) >= 11 is 1.48. The number of benzene rings is 1. The Morgan fingerprint density at radius 1 is 1.09 bits per heavy atom. The molecule has 1 fully saturated rings. The van der Waals surface area contributed by atoms with Crippen molar-refractivity contribution in [3.63, 3.8) is 0 Å². The summed E-state index contributed by atoms with van der Waals surface area (Å²) in [6, 6.07) is 16.9. The number of thioether (sulfide) groups is 1. The Hall–Kier alpha value is -3.19. The molecule has 0 aliphatic heterocycles. The number of rotatable bonds is 8. The predicted octanol–water partition coefficient (Wildman–Crippen LogP) is 5.68. The van der Waals surface area contributed by atoms with Crippen molar-refractivity contribution < 1.29 is 4.79 Å². The summed E-state index contributed by atoms with van der Waals surface area (Å²) in [6.45, 7) is 6.29. The quantitative estimate of drug-likeness (QED) is 0.252. The summed E-state index contributed by atoms with van der Waals surface area (Å²) in [5.41, 5.74) is 5.12. The molecule has 6 nitrogen and oxygen atoms in total. The Morgan fingerprint density at radius 3 is 2.52 bits per heavy atom. The van der Waals surface area contributed by atoms with Gasteiger partial charge in [0.1, 0.15) is 0 Å². The SMILES string of the molecule is Cc1cc(C(=O)CSc2nnc(-c3ccncc3)n2C2CC2)c(C)n1C(C)c1ccccc1. The van der Waals surface area contributed by atoms with Gasteiger partial charge >= 0.3 is 0 Å². The molecule has 3 aromatic heterocycles. The highest BCUT2D eigenvalue weighted by Gasteiger charge is 2.30. The average molecular weight is 458 g/mol. The Kier molecular flexibility index (Phi) is 5.89. The standard InChI is InChI=1S/C26H27N5OS/c1-17-15-23(19(3)30(17)18(2)20-7-5-4-6-8-20)24(32)16-33-26-29-28-25(31(26)22-9-10-22)21-11-13-27-14-12-21/h4-8,11-15,18,22H,9-10,16H2,1-3H3. The molecule has 168 valence electrons. The van der Waals surface area contributed by atoms with Crippen LogP contribution in [0.1, 0.15) is 59.2 Å². The van der Waals surface area contributed by atoms with Gasteiger partial charge in [0.2, 0.25) is 0 Å². The lowest BCUT2D eigenvalue weighted by molar-refractivity contribution is 0.102. The fourth-order valence-corrected chi connectivity index (χ4v) is 5.37. The summed E-state index contributed by atoms with van der Waals surface area (Å²) in [6.07, 6.45) is 5.78. The first kappa shape index (κ1) is 21.6. The molecule has 1 aliphatic rings. The van der Waals surface area contributed by atoms with E-state index in [-0.39, 0.29) is 11.8 Å². The third-order valence-corrected chi connectivity index (χ3v) is 7.24. The molecular formula is C26H27N5OS. The lowest BCUT2D eigenvalue weighted by Crippen LogP contribution is -2.12. The van der Waals surface area contributed by atoms with Gasteiger partial charge in [0, 0.05) is 41.0 Å². The topological polar surface area (TPSA) is 65.6 Å². The fraction of sp³-hybridized carbons (Fsp3) is 0.308. The Bertz CT molecular complexity index is 1280. The van der Waals surface area contributed by atoms with Crippen molar-refractivity contribution >= 4 is 17.5 Å². The molecule has 0 bridgehead atoms. The van der Waals surface area contributed by atoms with Crippen LogP contribution in [0.5, 0.6) is 0 Å². The zero-order chi connectivity index (χ0) is 22.9. The monoisotopic (exact) mass is 457 g/mol. The molecule has 1 atom stereocenters. The largest absolute Gasteiger partial charge is 0.341 e. The minimum Gasteiger partial charge on any atom is -0.341 e. The number of nitrogens with zero attached hydrogens (tertiary/aromatic N) is 5. The van der Waals surface area contributed by atoms with E-state index in [0.29, 0.717) is 11.8 Å². The number of ketones is 1. The molecule has 1 unspecified atom stereocenters. The third-order valence-electron chi connectivity index (χ3n) is 6.30. The van der Waals surface area contributed by atoms with E-state index in [0.717, 1.165) is 46.3 Å². The smallest absolute Gasteiger partial charge is 0.192 e. The first-order valence-corrected chi connectivity index (χ1v) is 12.3. The lowest BCUT2D eigenvalue weighted by atomic mass is 10.1. The highest BCUT2D eigenvalue weighted by molar-refractivity contribution is 7.99. The Morgan fingerprint density at radius 2 is 1.82 bits per heavy atom. The predicted molar refractivity (Wildman–Crippen MR) is 131 cm³/mol. The molecule has 3 heterocycles. The van der Waals surface area contributed by atoms with Gasteiger partial charge in [0.15, 0.2) is 16.8 Å². The molecule has 0 saturated heterocycles. The molecule has 1 saturated carbocycles. The summed E-state index contributed by atoms with van der Waals surface area (Å²) in [4.78, 5) is 17.3. The third kappa shape index (κ3) is 4.25. The van der Waals surface area contributed by atoms with Crippen molar-refractivity contribution in [1.29, 1.82) is 0 Å². The molecule has 0 amide bonds. The number of hydrogen-bond donors (Lipinski definition) is 0. The number of pyridine rings is 1. The van der Waals surface area contributed by atoms with Crippen molar-refractivity contribution in [1.82, 2.24) is 24.3 Å². The normalized spacial score (nSPS) is 14.4. The minimum atomic E-state index is 0.121. The van der Waals surface area contributed by atoms with Crippen LogP contribution in [0.15, 0.2) is 66.1 Å². The second-order valence-corrected chi connectivity index (χ2v) is 9.54. The summed E-state index contributed by atoms with van der Waals surface area (Å²) in [7, 11) is 0. The van der Waals surface area contributed by atoms with Gasteiger partial charge in [-0.25, -0.2) is 0 Å².